The fourth-order valence-electron chi connectivity index (χ4n) is 2.68. The second-order valence-electron chi connectivity index (χ2n) is 7.58. The quantitative estimate of drug-likeness (QED) is 0.665. The van der Waals surface area contributed by atoms with Gasteiger partial charge in [-0.1, -0.05) is 60.7 Å². The minimum absolute atomic E-state index is 0.121. The van der Waals surface area contributed by atoms with Gasteiger partial charge in [0, 0.05) is 6.42 Å². The molecule has 2 rings (SSSR count). The zero-order valence-electron chi connectivity index (χ0n) is 16.7. The Kier molecular flexibility index (Phi) is 7.36. The highest BCUT2D eigenvalue weighted by molar-refractivity contribution is 5.90. The van der Waals surface area contributed by atoms with Crippen molar-refractivity contribution in [3.8, 4) is 0 Å². The van der Waals surface area contributed by atoms with Crippen LogP contribution in [0.4, 0.5) is 4.79 Å². The number of nitrogens with one attached hydrogen (secondary N) is 2. The van der Waals surface area contributed by atoms with Gasteiger partial charge in [-0.25, -0.2) is 9.59 Å². The number of carboxylic acids is 1. The van der Waals surface area contributed by atoms with Gasteiger partial charge in [0.2, 0.25) is 5.91 Å². The van der Waals surface area contributed by atoms with Crippen molar-refractivity contribution in [2.75, 3.05) is 0 Å². The largest absolute Gasteiger partial charge is 0.480 e. The molecular formula is C22H26N2O5. The number of rotatable bonds is 7. The van der Waals surface area contributed by atoms with Gasteiger partial charge in [0.1, 0.15) is 17.7 Å². The lowest BCUT2D eigenvalue weighted by atomic mass is 10.0. The summed E-state index contributed by atoms with van der Waals surface area (Å²) in [6.45, 7) is 5.14. The molecule has 2 aromatic rings. The van der Waals surface area contributed by atoms with Crippen molar-refractivity contribution in [1.29, 1.82) is 0 Å². The van der Waals surface area contributed by atoms with E-state index >= 15 is 0 Å². The molecule has 2 amide bonds. The van der Waals surface area contributed by atoms with Gasteiger partial charge < -0.3 is 20.5 Å². The van der Waals surface area contributed by atoms with Crippen molar-refractivity contribution in [2.45, 2.75) is 44.9 Å². The van der Waals surface area contributed by atoms with E-state index in [0.717, 1.165) is 5.56 Å². The van der Waals surface area contributed by atoms with Gasteiger partial charge >= 0.3 is 12.1 Å². The molecule has 0 saturated carbocycles. The highest BCUT2D eigenvalue weighted by atomic mass is 16.6. The minimum Gasteiger partial charge on any atom is -0.480 e. The highest BCUT2D eigenvalue weighted by Crippen LogP contribution is 2.16. The van der Waals surface area contributed by atoms with Crippen LogP contribution in [0.15, 0.2) is 60.7 Å². The third-order valence-electron chi connectivity index (χ3n) is 3.95. The molecule has 29 heavy (non-hydrogen) atoms. The number of carboxylic acid groups (broad SMARTS) is 1. The first kappa shape index (κ1) is 21.9. The van der Waals surface area contributed by atoms with E-state index in [-0.39, 0.29) is 6.42 Å². The molecule has 0 spiro atoms. The van der Waals surface area contributed by atoms with Gasteiger partial charge in [-0.15, -0.1) is 0 Å². The molecule has 1 unspecified atom stereocenters. The second-order valence-corrected chi connectivity index (χ2v) is 7.58. The van der Waals surface area contributed by atoms with E-state index in [2.05, 4.69) is 10.6 Å². The Hall–Kier alpha value is -3.35. The second kappa shape index (κ2) is 9.73. The van der Waals surface area contributed by atoms with Crippen LogP contribution in [0, 0.1) is 0 Å². The topological polar surface area (TPSA) is 105 Å². The van der Waals surface area contributed by atoms with E-state index in [0.29, 0.717) is 5.56 Å². The van der Waals surface area contributed by atoms with Gasteiger partial charge in [-0.2, -0.15) is 0 Å². The number of benzene rings is 2. The van der Waals surface area contributed by atoms with E-state index in [9.17, 15) is 19.5 Å². The summed E-state index contributed by atoms with van der Waals surface area (Å²) < 4.78 is 5.24. The summed E-state index contributed by atoms with van der Waals surface area (Å²) in [6, 6.07) is 15.3. The molecule has 154 valence electrons. The lowest BCUT2D eigenvalue weighted by Crippen LogP contribution is -2.48. The van der Waals surface area contributed by atoms with Crippen LogP contribution in [-0.2, 0) is 20.7 Å². The Morgan fingerprint density at radius 3 is 2.00 bits per heavy atom. The molecule has 3 N–H and O–H groups in total. The van der Waals surface area contributed by atoms with Crippen molar-refractivity contribution in [3.05, 3.63) is 71.8 Å². The number of aliphatic carboxylic acids is 1. The predicted octanol–water partition coefficient (Wildman–Crippen LogP) is 3.06. The van der Waals surface area contributed by atoms with Crippen LogP contribution in [-0.4, -0.2) is 34.7 Å². The number of carbonyl (C=O) groups excluding carboxylic acids is 2. The average Bonchev–Trinajstić information content (AvgIpc) is 2.65. The van der Waals surface area contributed by atoms with Gasteiger partial charge in [0.15, 0.2) is 0 Å². The van der Waals surface area contributed by atoms with Crippen molar-refractivity contribution in [1.82, 2.24) is 10.6 Å². The van der Waals surface area contributed by atoms with Gasteiger partial charge in [0.05, 0.1) is 0 Å². The fourth-order valence-corrected chi connectivity index (χ4v) is 2.68. The zero-order chi connectivity index (χ0) is 21.4. The molecule has 2 atom stereocenters. The number of carbonyl (C=O) groups is 3. The third-order valence-corrected chi connectivity index (χ3v) is 3.95. The molecule has 0 saturated heterocycles. The SMILES string of the molecule is CC(C)(C)OC(=O)N[C@H](C(=O)NC(Cc1ccccc1)C(=O)O)c1ccccc1. The summed E-state index contributed by atoms with van der Waals surface area (Å²) in [6.07, 6.45) is -0.646. The Morgan fingerprint density at radius 1 is 0.931 bits per heavy atom. The lowest BCUT2D eigenvalue weighted by Gasteiger charge is -2.24. The molecule has 0 aliphatic heterocycles. The Labute approximate surface area is 170 Å². The van der Waals surface area contributed by atoms with Crippen molar-refractivity contribution in [2.24, 2.45) is 0 Å². The van der Waals surface area contributed by atoms with Crippen LogP contribution in [0.1, 0.15) is 37.9 Å². The maximum atomic E-state index is 12.9. The number of alkyl carbamates (subject to hydrolysis) is 1. The first-order valence-corrected chi connectivity index (χ1v) is 9.27. The Morgan fingerprint density at radius 2 is 1.48 bits per heavy atom. The molecule has 0 aliphatic carbocycles. The molecule has 7 nitrogen and oxygen atoms in total. The molecule has 7 heteroatoms. The Bertz CT molecular complexity index is 831. The van der Waals surface area contributed by atoms with Crippen molar-refractivity contribution in [3.63, 3.8) is 0 Å². The van der Waals surface area contributed by atoms with Crippen molar-refractivity contribution >= 4 is 18.0 Å². The molecule has 0 aromatic heterocycles. The molecule has 0 heterocycles. The van der Waals surface area contributed by atoms with Gasteiger partial charge in [-0.3, -0.25) is 4.79 Å². The van der Waals surface area contributed by atoms with Gasteiger partial charge in [0.25, 0.3) is 0 Å². The smallest absolute Gasteiger partial charge is 0.408 e. The average molecular weight is 398 g/mol. The van der Waals surface area contributed by atoms with Crippen LogP contribution in [0.3, 0.4) is 0 Å². The van der Waals surface area contributed by atoms with Crippen LogP contribution < -0.4 is 10.6 Å². The molecule has 0 aliphatic rings. The normalized spacial score (nSPS) is 13.1. The Balaban J connectivity index is 2.19. The fraction of sp³-hybridized carbons (Fsp3) is 0.318. The summed E-state index contributed by atoms with van der Waals surface area (Å²) in [5.74, 6) is -1.79. The van der Waals surface area contributed by atoms with Crippen molar-refractivity contribution < 1.29 is 24.2 Å². The van der Waals surface area contributed by atoms with Crippen LogP contribution in [0.5, 0.6) is 0 Å². The standard InChI is InChI=1S/C22H26N2O5/c1-22(2,3)29-21(28)24-18(16-12-8-5-9-13-16)19(25)23-17(20(26)27)14-15-10-6-4-7-11-15/h4-13,17-18H,14H2,1-3H3,(H,23,25)(H,24,28)(H,26,27)/t17?,18-/m0/s1. The number of ether oxygens (including phenoxy) is 1. The van der Waals surface area contributed by atoms with E-state index in [4.69, 9.17) is 4.74 Å². The van der Waals surface area contributed by atoms with E-state index in [1.54, 1.807) is 75.4 Å². The van der Waals surface area contributed by atoms with E-state index in [1.807, 2.05) is 6.07 Å². The zero-order valence-corrected chi connectivity index (χ0v) is 16.7. The predicted molar refractivity (Wildman–Crippen MR) is 108 cm³/mol. The number of hydrogen-bond acceptors (Lipinski definition) is 4. The summed E-state index contributed by atoms with van der Waals surface area (Å²) >= 11 is 0. The third kappa shape index (κ3) is 7.29. The van der Waals surface area contributed by atoms with Gasteiger partial charge in [-0.05, 0) is 31.9 Å². The molecule has 2 aromatic carbocycles. The molecular weight excluding hydrogens is 372 g/mol. The summed E-state index contributed by atoms with van der Waals surface area (Å²) in [5.41, 5.74) is 0.551. The van der Waals surface area contributed by atoms with Crippen LogP contribution in [0.2, 0.25) is 0 Å². The lowest BCUT2D eigenvalue weighted by molar-refractivity contribution is -0.142. The molecule has 0 fully saturated rings. The first-order valence-electron chi connectivity index (χ1n) is 9.27. The highest BCUT2D eigenvalue weighted by Gasteiger charge is 2.29. The summed E-state index contributed by atoms with van der Waals surface area (Å²) in [7, 11) is 0. The first-order chi connectivity index (χ1) is 13.7. The maximum absolute atomic E-state index is 12.9. The maximum Gasteiger partial charge on any atom is 0.408 e. The number of amides is 2. The van der Waals surface area contributed by atoms with E-state index in [1.165, 1.54) is 0 Å². The summed E-state index contributed by atoms with van der Waals surface area (Å²) in [5, 5.41) is 14.6. The van der Waals surface area contributed by atoms with E-state index < -0.39 is 35.7 Å². The molecule has 0 bridgehead atoms. The monoisotopic (exact) mass is 398 g/mol. The molecule has 0 radical (unpaired) electrons. The summed E-state index contributed by atoms with van der Waals surface area (Å²) in [4.78, 5) is 36.8. The van der Waals surface area contributed by atoms with Crippen LogP contribution in [0.25, 0.3) is 0 Å². The van der Waals surface area contributed by atoms with Crippen LogP contribution >= 0.6 is 0 Å². The minimum atomic E-state index is -1.16. The number of hydrogen-bond donors (Lipinski definition) is 3.